The highest BCUT2D eigenvalue weighted by molar-refractivity contribution is 6.31. The molecule has 0 spiro atoms. The van der Waals surface area contributed by atoms with Gasteiger partial charge in [-0.2, -0.15) is 0 Å². The van der Waals surface area contributed by atoms with Gasteiger partial charge in [0.25, 0.3) is 5.91 Å². The highest BCUT2D eigenvalue weighted by Gasteiger charge is 2.10. The topological polar surface area (TPSA) is 46.2 Å². The van der Waals surface area contributed by atoms with Gasteiger partial charge in [-0.15, -0.1) is 0 Å². The molecule has 0 aromatic heterocycles. The van der Waals surface area contributed by atoms with Crippen molar-refractivity contribution >= 4 is 23.9 Å². The molecule has 14 heavy (non-hydrogen) atoms. The van der Waals surface area contributed by atoms with Crippen LogP contribution in [0.25, 0.3) is 0 Å². The van der Waals surface area contributed by atoms with Gasteiger partial charge in [-0.05, 0) is 31.0 Å². The van der Waals surface area contributed by atoms with Gasteiger partial charge in [0.15, 0.2) is 0 Å². The predicted octanol–water partition coefficient (Wildman–Crippen LogP) is 1.84. The van der Waals surface area contributed by atoms with E-state index >= 15 is 0 Å². The Balaban J connectivity index is 3.15. The van der Waals surface area contributed by atoms with Crippen LogP contribution in [-0.2, 0) is 4.79 Å². The highest BCUT2D eigenvalue weighted by atomic mass is 35.5. The number of imide groups is 1. The van der Waals surface area contributed by atoms with Crippen molar-refractivity contribution in [3.63, 3.8) is 0 Å². The summed E-state index contributed by atoms with van der Waals surface area (Å²) in [6, 6.07) is 3.37. The molecule has 0 fully saturated rings. The summed E-state index contributed by atoms with van der Waals surface area (Å²) >= 11 is 5.86. The predicted molar refractivity (Wildman–Crippen MR) is 54.5 cm³/mol. The molecule has 0 aliphatic heterocycles. The molecule has 1 aromatic rings. The van der Waals surface area contributed by atoms with Crippen molar-refractivity contribution in [2.24, 2.45) is 0 Å². The smallest absolute Gasteiger partial charge is 0.257 e. The Labute approximate surface area is 87.1 Å². The Morgan fingerprint density at radius 3 is 2.57 bits per heavy atom. The summed E-state index contributed by atoms with van der Waals surface area (Å²) in [7, 11) is 0. The normalized spacial score (nSPS) is 9.64. The van der Waals surface area contributed by atoms with Crippen LogP contribution in [-0.4, -0.2) is 12.3 Å². The quantitative estimate of drug-likeness (QED) is 0.759. The Bertz CT molecular complexity index is 388. The average Bonchev–Trinajstić information content (AvgIpc) is 2.11. The van der Waals surface area contributed by atoms with Crippen LogP contribution < -0.4 is 5.32 Å². The molecular formula is C10H10ClNO2. The van der Waals surface area contributed by atoms with E-state index in [9.17, 15) is 9.59 Å². The number of nitrogens with one attached hydrogen (secondary N) is 1. The van der Waals surface area contributed by atoms with Gasteiger partial charge in [0.05, 0.1) is 0 Å². The minimum Gasteiger partial charge on any atom is -0.295 e. The molecule has 0 saturated heterocycles. The summed E-state index contributed by atoms with van der Waals surface area (Å²) < 4.78 is 0. The van der Waals surface area contributed by atoms with E-state index in [1.165, 1.54) is 0 Å². The van der Waals surface area contributed by atoms with Crippen molar-refractivity contribution < 1.29 is 9.59 Å². The van der Waals surface area contributed by atoms with Gasteiger partial charge in [0, 0.05) is 10.6 Å². The largest absolute Gasteiger partial charge is 0.295 e. The lowest BCUT2D eigenvalue weighted by Gasteiger charge is -2.06. The fraction of sp³-hybridized carbons (Fsp3) is 0.200. The first-order valence-corrected chi connectivity index (χ1v) is 4.45. The zero-order valence-corrected chi connectivity index (χ0v) is 8.68. The molecule has 74 valence electrons. The van der Waals surface area contributed by atoms with Crippen LogP contribution in [0.3, 0.4) is 0 Å². The van der Waals surface area contributed by atoms with Gasteiger partial charge in [-0.1, -0.05) is 17.7 Å². The molecule has 0 aliphatic carbocycles. The Kier molecular flexibility index (Phi) is 3.25. The zero-order valence-electron chi connectivity index (χ0n) is 7.93. The minimum atomic E-state index is -0.431. The summed E-state index contributed by atoms with van der Waals surface area (Å²) in [5, 5.41) is 2.59. The summed E-state index contributed by atoms with van der Waals surface area (Å²) in [5.74, 6) is -0.431. The molecular weight excluding hydrogens is 202 g/mol. The molecule has 0 unspecified atom stereocenters. The molecule has 0 radical (unpaired) electrons. The SMILES string of the molecule is Cc1cc(C)c(C(=O)NC=O)cc1Cl. The number of hydrogen-bond acceptors (Lipinski definition) is 2. The highest BCUT2D eigenvalue weighted by Crippen LogP contribution is 2.20. The van der Waals surface area contributed by atoms with Crippen LogP contribution in [0, 0.1) is 13.8 Å². The number of hydrogen-bond donors (Lipinski definition) is 1. The van der Waals surface area contributed by atoms with Crippen LogP contribution >= 0.6 is 11.6 Å². The number of carbonyl (C=O) groups is 2. The zero-order chi connectivity index (χ0) is 10.7. The van der Waals surface area contributed by atoms with Gasteiger partial charge in [0.2, 0.25) is 6.41 Å². The van der Waals surface area contributed by atoms with E-state index in [-0.39, 0.29) is 0 Å². The van der Waals surface area contributed by atoms with Gasteiger partial charge >= 0.3 is 0 Å². The molecule has 1 rings (SSSR count). The lowest BCUT2D eigenvalue weighted by molar-refractivity contribution is -0.108. The van der Waals surface area contributed by atoms with Crippen LogP contribution in [0.2, 0.25) is 5.02 Å². The summed E-state index contributed by atoms with van der Waals surface area (Å²) in [6.45, 7) is 3.65. The number of carbonyl (C=O) groups excluding carboxylic acids is 2. The molecule has 4 heteroatoms. The fourth-order valence-electron chi connectivity index (χ4n) is 1.20. The van der Waals surface area contributed by atoms with Crippen molar-refractivity contribution in [1.29, 1.82) is 0 Å². The molecule has 0 atom stereocenters. The third kappa shape index (κ3) is 2.12. The molecule has 1 aromatic carbocycles. The van der Waals surface area contributed by atoms with E-state index in [1.807, 2.05) is 13.0 Å². The maximum Gasteiger partial charge on any atom is 0.257 e. The molecule has 1 N–H and O–H groups in total. The molecule has 0 bridgehead atoms. The maximum absolute atomic E-state index is 11.3. The molecule has 0 heterocycles. The van der Waals surface area contributed by atoms with Crippen LogP contribution in [0.15, 0.2) is 12.1 Å². The van der Waals surface area contributed by atoms with Crippen molar-refractivity contribution in [1.82, 2.24) is 5.32 Å². The van der Waals surface area contributed by atoms with E-state index in [2.05, 4.69) is 5.32 Å². The minimum absolute atomic E-state index is 0.357. The van der Waals surface area contributed by atoms with Gasteiger partial charge in [-0.3, -0.25) is 14.9 Å². The standard InChI is InChI=1S/C10H10ClNO2/c1-6-3-7(2)9(11)4-8(6)10(14)12-5-13/h3-5H,1-2H3,(H,12,13,14). The number of aryl methyl sites for hydroxylation is 2. The van der Waals surface area contributed by atoms with Crippen LogP contribution in [0.1, 0.15) is 21.5 Å². The third-order valence-electron chi connectivity index (χ3n) is 1.94. The number of halogens is 1. The second kappa shape index (κ2) is 4.24. The van der Waals surface area contributed by atoms with Gasteiger partial charge in [0.1, 0.15) is 0 Å². The number of benzene rings is 1. The lowest BCUT2D eigenvalue weighted by atomic mass is 10.1. The average molecular weight is 212 g/mol. The second-order valence-corrected chi connectivity index (χ2v) is 3.41. The third-order valence-corrected chi connectivity index (χ3v) is 2.35. The van der Waals surface area contributed by atoms with Crippen molar-refractivity contribution in [3.05, 3.63) is 33.8 Å². The van der Waals surface area contributed by atoms with Crippen molar-refractivity contribution in [2.45, 2.75) is 13.8 Å². The van der Waals surface area contributed by atoms with E-state index in [0.717, 1.165) is 11.1 Å². The van der Waals surface area contributed by atoms with E-state index in [4.69, 9.17) is 11.6 Å². The fourth-order valence-corrected chi connectivity index (χ4v) is 1.37. The van der Waals surface area contributed by atoms with Gasteiger partial charge < -0.3 is 0 Å². The van der Waals surface area contributed by atoms with E-state index < -0.39 is 5.91 Å². The maximum atomic E-state index is 11.3. The molecule has 3 nitrogen and oxygen atoms in total. The van der Waals surface area contributed by atoms with Crippen molar-refractivity contribution in [3.8, 4) is 0 Å². The lowest BCUT2D eigenvalue weighted by Crippen LogP contribution is -2.22. The Hall–Kier alpha value is -1.35. The van der Waals surface area contributed by atoms with Crippen molar-refractivity contribution in [2.75, 3.05) is 0 Å². The summed E-state index contributed by atoms with van der Waals surface area (Å²) in [6.07, 6.45) is 0.357. The first kappa shape index (κ1) is 10.7. The summed E-state index contributed by atoms with van der Waals surface area (Å²) in [5.41, 5.74) is 2.13. The monoisotopic (exact) mass is 211 g/mol. The first-order valence-electron chi connectivity index (χ1n) is 4.07. The molecule has 0 saturated carbocycles. The van der Waals surface area contributed by atoms with Crippen LogP contribution in [0.5, 0.6) is 0 Å². The summed E-state index contributed by atoms with van der Waals surface area (Å²) in [4.78, 5) is 21.4. The molecule has 2 amide bonds. The van der Waals surface area contributed by atoms with Crippen LogP contribution in [0.4, 0.5) is 0 Å². The van der Waals surface area contributed by atoms with E-state index in [0.29, 0.717) is 17.0 Å². The van der Waals surface area contributed by atoms with Gasteiger partial charge in [-0.25, -0.2) is 0 Å². The Morgan fingerprint density at radius 1 is 1.36 bits per heavy atom. The number of rotatable bonds is 2. The van der Waals surface area contributed by atoms with E-state index in [1.54, 1.807) is 13.0 Å². The number of amides is 2. The Morgan fingerprint density at radius 2 is 2.00 bits per heavy atom. The second-order valence-electron chi connectivity index (χ2n) is 3.01. The first-order chi connectivity index (χ1) is 6.56. The molecule has 0 aliphatic rings.